The number of nitrogens with one attached hydrogen (secondary N) is 1. The Kier molecular flexibility index (Phi) is 4.20. The van der Waals surface area contributed by atoms with E-state index in [0.717, 1.165) is 25.2 Å². The van der Waals surface area contributed by atoms with Crippen LogP contribution in [0.5, 0.6) is 0 Å². The summed E-state index contributed by atoms with van der Waals surface area (Å²) in [4.78, 5) is 4.45. The quantitative estimate of drug-likeness (QED) is 0.922. The van der Waals surface area contributed by atoms with Crippen molar-refractivity contribution in [1.82, 2.24) is 14.3 Å². The second-order valence-corrected chi connectivity index (χ2v) is 7.58. The van der Waals surface area contributed by atoms with Crippen LogP contribution in [0.2, 0.25) is 0 Å². The summed E-state index contributed by atoms with van der Waals surface area (Å²) in [5, 5.41) is 8.95. The predicted octanol–water partition coefficient (Wildman–Crippen LogP) is 1.60. The lowest BCUT2D eigenvalue weighted by Gasteiger charge is -2.24. The molecule has 3 rings (SSSR count). The van der Waals surface area contributed by atoms with Crippen LogP contribution < -0.4 is 4.72 Å². The Labute approximate surface area is 135 Å². The van der Waals surface area contributed by atoms with E-state index in [-0.39, 0.29) is 10.8 Å². The topological polar surface area (TPSA) is 87.8 Å². The summed E-state index contributed by atoms with van der Waals surface area (Å²) in [6.45, 7) is 2.89. The van der Waals surface area contributed by atoms with Crippen molar-refractivity contribution in [3.63, 3.8) is 0 Å². The molecule has 7 heteroatoms. The Morgan fingerprint density at radius 3 is 3.09 bits per heavy atom. The zero-order valence-corrected chi connectivity index (χ0v) is 13.7. The zero-order valence-electron chi connectivity index (χ0n) is 12.9. The van der Waals surface area contributed by atoms with Crippen molar-refractivity contribution < 1.29 is 8.42 Å². The van der Waals surface area contributed by atoms with E-state index in [1.54, 1.807) is 25.3 Å². The number of hydrogen-bond acceptors (Lipinski definition) is 4. The van der Waals surface area contributed by atoms with E-state index < -0.39 is 10.0 Å². The van der Waals surface area contributed by atoms with Gasteiger partial charge in [-0.15, -0.1) is 0 Å². The molecule has 0 amide bonds. The van der Waals surface area contributed by atoms with E-state index in [4.69, 9.17) is 5.26 Å². The molecule has 0 spiro atoms. The molecule has 1 aromatic heterocycles. The van der Waals surface area contributed by atoms with Crippen molar-refractivity contribution in [1.29, 1.82) is 5.26 Å². The lowest BCUT2D eigenvalue weighted by atomic mass is 10.00. The molecule has 23 heavy (non-hydrogen) atoms. The number of aryl methyl sites for hydroxylation is 2. The van der Waals surface area contributed by atoms with Gasteiger partial charge < -0.3 is 4.57 Å². The summed E-state index contributed by atoms with van der Waals surface area (Å²) in [6, 6.07) is 6.68. The van der Waals surface area contributed by atoms with Crippen molar-refractivity contribution in [3.05, 3.63) is 47.5 Å². The highest BCUT2D eigenvalue weighted by molar-refractivity contribution is 7.89. The maximum atomic E-state index is 12.5. The van der Waals surface area contributed by atoms with Crippen LogP contribution >= 0.6 is 0 Å². The highest BCUT2D eigenvalue weighted by Gasteiger charge is 2.23. The maximum Gasteiger partial charge on any atom is 0.240 e. The van der Waals surface area contributed by atoms with E-state index in [2.05, 4.69) is 14.3 Å². The minimum absolute atomic E-state index is 0.177. The van der Waals surface area contributed by atoms with Gasteiger partial charge in [0.15, 0.2) is 0 Å². The van der Waals surface area contributed by atoms with Gasteiger partial charge >= 0.3 is 0 Å². The number of aromatic nitrogens is 2. The molecule has 0 bridgehead atoms. The highest BCUT2D eigenvalue weighted by Crippen LogP contribution is 2.20. The average Bonchev–Trinajstić information content (AvgIpc) is 3.01. The lowest BCUT2D eigenvalue weighted by molar-refractivity contribution is 0.363. The minimum atomic E-state index is -3.61. The number of nitrogens with zero attached hydrogens (tertiary/aromatic N) is 3. The minimum Gasteiger partial charge on any atom is -0.335 e. The van der Waals surface area contributed by atoms with E-state index in [1.807, 2.05) is 12.3 Å². The summed E-state index contributed by atoms with van der Waals surface area (Å²) < 4.78 is 29.8. The monoisotopic (exact) mass is 330 g/mol. The summed E-state index contributed by atoms with van der Waals surface area (Å²) in [6.07, 6.45) is 5.48. The van der Waals surface area contributed by atoms with Crippen molar-refractivity contribution in [2.24, 2.45) is 5.92 Å². The number of benzene rings is 1. The SMILES string of the molecule is Cc1ccc(C#N)cc1S(=O)(=O)NCC1CCc2nccn2C1. The van der Waals surface area contributed by atoms with E-state index >= 15 is 0 Å². The Hall–Kier alpha value is -2.17. The zero-order chi connectivity index (χ0) is 16.4. The molecule has 1 aliphatic heterocycles. The molecular weight excluding hydrogens is 312 g/mol. The molecule has 0 saturated heterocycles. The number of hydrogen-bond donors (Lipinski definition) is 1. The number of sulfonamides is 1. The molecule has 0 aliphatic carbocycles. The second-order valence-electron chi connectivity index (χ2n) is 5.84. The van der Waals surface area contributed by atoms with Gasteiger partial charge in [0.1, 0.15) is 5.82 Å². The van der Waals surface area contributed by atoms with Crippen molar-refractivity contribution >= 4 is 10.0 Å². The molecule has 1 atom stereocenters. The van der Waals surface area contributed by atoms with Gasteiger partial charge in [-0.2, -0.15) is 5.26 Å². The van der Waals surface area contributed by atoms with Crippen molar-refractivity contribution in [2.45, 2.75) is 31.2 Å². The normalized spacial score (nSPS) is 17.5. The van der Waals surface area contributed by atoms with Gasteiger partial charge in [-0.05, 0) is 37.0 Å². The van der Waals surface area contributed by atoms with Crippen LogP contribution in [0, 0.1) is 24.2 Å². The summed E-state index contributed by atoms with van der Waals surface area (Å²) in [7, 11) is -3.61. The van der Waals surface area contributed by atoms with Crippen LogP contribution in [0.1, 0.15) is 23.4 Å². The molecule has 2 aromatic rings. The highest BCUT2D eigenvalue weighted by atomic mass is 32.2. The third-order valence-electron chi connectivity index (χ3n) is 4.20. The number of imidazole rings is 1. The summed E-state index contributed by atoms with van der Waals surface area (Å²) in [5.41, 5.74) is 0.980. The van der Waals surface area contributed by atoms with Gasteiger partial charge in [0.05, 0.1) is 16.5 Å². The Bertz CT molecular complexity index is 864. The molecule has 1 unspecified atom stereocenters. The smallest absolute Gasteiger partial charge is 0.240 e. The molecule has 0 saturated carbocycles. The first-order valence-electron chi connectivity index (χ1n) is 7.50. The van der Waals surface area contributed by atoms with E-state index in [0.29, 0.717) is 17.7 Å². The van der Waals surface area contributed by atoms with Gasteiger partial charge in [0.2, 0.25) is 10.0 Å². The van der Waals surface area contributed by atoms with Crippen LogP contribution in [-0.2, 0) is 23.0 Å². The number of nitriles is 1. The Balaban J connectivity index is 1.72. The average molecular weight is 330 g/mol. The second kappa shape index (κ2) is 6.14. The van der Waals surface area contributed by atoms with Crippen LogP contribution in [0.25, 0.3) is 0 Å². The number of rotatable bonds is 4. The van der Waals surface area contributed by atoms with E-state index in [9.17, 15) is 8.42 Å². The molecule has 0 fully saturated rings. The fourth-order valence-corrected chi connectivity index (χ4v) is 4.25. The van der Waals surface area contributed by atoms with Gasteiger partial charge in [0.25, 0.3) is 0 Å². The van der Waals surface area contributed by atoms with E-state index in [1.165, 1.54) is 6.07 Å². The van der Waals surface area contributed by atoms with Crippen LogP contribution in [0.4, 0.5) is 0 Å². The van der Waals surface area contributed by atoms with Gasteiger partial charge in [-0.25, -0.2) is 18.1 Å². The fraction of sp³-hybridized carbons (Fsp3) is 0.375. The maximum absolute atomic E-state index is 12.5. The van der Waals surface area contributed by atoms with Gasteiger partial charge in [0, 0.05) is 31.9 Å². The molecular formula is C16H18N4O2S. The molecule has 120 valence electrons. The lowest BCUT2D eigenvalue weighted by Crippen LogP contribution is -2.34. The molecule has 2 heterocycles. The first-order valence-corrected chi connectivity index (χ1v) is 8.98. The summed E-state index contributed by atoms with van der Waals surface area (Å²) >= 11 is 0. The van der Waals surface area contributed by atoms with Crippen LogP contribution in [0.15, 0.2) is 35.5 Å². The first kappa shape index (κ1) is 15.7. The largest absolute Gasteiger partial charge is 0.335 e. The summed E-state index contributed by atoms with van der Waals surface area (Å²) in [5.74, 6) is 1.30. The number of fused-ring (bicyclic) bond motifs is 1. The van der Waals surface area contributed by atoms with Gasteiger partial charge in [-0.3, -0.25) is 0 Å². The molecule has 0 radical (unpaired) electrons. The molecule has 6 nitrogen and oxygen atoms in total. The molecule has 1 aliphatic rings. The Morgan fingerprint density at radius 2 is 2.30 bits per heavy atom. The van der Waals surface area contributed by atoms with Crippen LogP contribution in [0.3, 0.4) is 0 Å². The van der Waals surface area contributed by atoms with Crippen LogP contribution in [-0.4, -0.2) is 24.5 Å². The standard InChI is InChI=1S/C16H18N4O2S/c1-12-2-3-13(9-17)8-15(12)23(21,22)19-10-14-4-5-16-18-6-7-20(16)11-14/h2-3,6-8,14,19H,4-5,10-11H2,1H3. The molecule has 1 N–H and O–H groups in total. The third-order valence-corrected chi connectivity index (χ3v) is 5.77. The fourth-order valence-electron chi connectivity index (χ4n) is 2.87. The first-order chi connectivity index (χ1) is 11.0. The Morgan fingerprint density at radius 1 is 1.48 bits per heavy atom. The molecule has 1 aromatic carbocycles. The van der Waals surface area contributed by atoms with Crippen molar-refractivity contribution in [2.75, 3.05) is 6.54 Å². The third kappa shape index (κ3) is 3.28. The van der Waals surface area contributed by atoms with Gasteiger partial charge in [-0.1, -0.05) is 6.07 Å². The van der Waals surface area contributed by atoms with Crippen molar-refractivity contribution in [3.8, 4) is 6.07 Å². The predicted molar refractivity (Wildman–Crippen MR) is 85.1 cm³/mol.